The van der Waals surface area contributed by atoms with Gasteiger partial charge in [-0.1, -0.05) is 29.5 Å². The minimum Gasteiger partial charge on any atom is -0.368 e. The van der Waals surface area contributed by atoms with Crippen LogP contribution in [0.2, 0.25) is 0 Å². The SMILES string of the molecule is C[C@H](OCCc1c[nH]nn1)C(=O)N1Cc2cnc(NC3Cc4ccccc4C3)nc2C1. The fraction of sp³-hybridized carbons (Fsp3) is 0.409. The average Bonchev–Trinajstić information content (AvgIpc) is 3.51. The third-order valence-electron chi connectivity index (χ3n) is 5.89. The zero-order chi connectivity index (χ0) is 21.2. The topological polar surface area (TPSA) is 109 Å². The summed E-state index contributed by atoms with van der Waals surface area (Å²) in [5.41, 5.74) is 5.47. The van der Waals surface area contributed by atoms with Crippen molar-refractivity contribution < 1.29 is 9.53 Å². The minimum absolute atomic E-state index is 0.0427. The van der Waals surface area contributed by atoms with Crippen molar-refractivity contribution in [2.24, 2.45) is 0 Å². The first kappa shape index (κ1) is 19.6. The fourth-order valence-corrected chi connectivity index (χ4v) is 4.24. The van der Waals surface area contributed by atoms with E-state index in [1.54, 1.807) is 18.0 Å². The minimum atomic E-state index is -0.524. The van der Waals surface area contributed by atoms with E-state index in [-0.39, 0.29) is 5.91 Å². The third kappa shape index (κ3) is 4.27. The molecule has 160 valence electrons. The van der Waals surface area contributed by atoms with Crippen LogP contribution in [-0.4, -0.2) is 54.9 Å². The molecule has 1 atom stereocenters. The van der Waals surface area contributed by atoms with Gasteiger partial charge in [0.2, 0.25) is 5.95 Å². The summed E-state index contributed by atoms with van der Waals surface area (Å²) in [5, 5.41) is 13.7. The van der Waals surface area contributed by atoms with Crippen molar-refractivity contribution in [3.05, 3.63) is 64.7 Å². The summed E-state index contributed by atoms with van der Waals surface area (Å²) < 4.78 is 5.71. The Kier molecular flexibility index (Phi) is 5.33. The average molecular weight is 419 g/mol. The lowest BCUT2D eigenvalue weighted by molar-refractivity contribution is -0.143. The van der Waals surface area contributed by atoms with Gasteiger partial charge >= 0.3 is 0 Å². The lowest BCUT2D eigenvalue weighted by Gasteiger charge is -2.20. The van der Waals surface area contributed by atoms with E-state index in [0.29, 0.717) is 38.1 Å². The first-order valence-corrected chi connectivity index (χ1v) is 10.6. The zero-order valence-corrected chi connectivity index (χ0v) is 17.4. The number of amides is 1. The van der Waals surface area contributed by atoms with E-state index in [1.165, 1.54) is 11.1 Å². The highest BCUT2D eigenvalue weighted by Crippen LogP contribution is 2.26. The van der Waals surface area contributed by atoms with Gasteiger partial charge in [0, 0.05) is 37.0 Å². The number of nitrogens with zero attached hydrogens (tertiary/aromatic N) is 5. The third-order valence-corrected chi connectivity index (χ3v) is 5.89. The number of ether oxygens (including phenoxy) is 1. The molecule has 0 fully saturated rings. The van der Waals surface area contributed by atoms with Gasteiger partial charge in [0.05, 0.1) is 24.5 Å². The van der Waals surface area contributed by atoms with Crippen LogP contribution in [0.15, 0.2) is 36.7 Å². The summed E-state index contributed by atoms with van der Waals surface area (Å²) in [4.78, 5) is 23.7. The molecule has 0 unspecified atom stereocenters. The van der Waals surface area contributed by atoms with Gasteiger partial charge in [-0.15, -0.1) is 5.10 Å². The van der Waals surface area contributed by atoms with Crippen LogP contribution in [0.4, 0.5) is 5.95 Å². The van der Waals surface area contributed by atoms with Crippen molar-refractivity contribution in [3.63, 3.8) is 0 Å². The number of hydrogen-bond donors (Lipinski definition) is 2. The molecular weight excluding hydrogens is 394 g/mol. The van der Waals surface area contributed by atoms with Crippen LogP contribution >= 0.6 is 0 Å². The van der Waals surface area contributed by atoms with Crippen LogP contribution in [0.5, 0.6) is 0 Å². The molecule has 9 heteroatoms. The molecule has 3 heterocycles. The van der Waals surface area contributed by atoms with Crippen LogP contribution < -0.4 is 5.32 Å². The van der Waals surface area contributed by atoms with Gasteiger partial charge in [-0.3, -0.25) is 9.89 Å². The molecule has 0 radical (unpaired) electrons. The second-order valence-electron chi connectivity index (χ2n) is 8.11. The molecule has 0 spiro atoms. The Bertz CT molecular complexity index is 1040. The van der Waals surface area contributed by atoms with Crippen molar-refractivity contribution >= 4 is 11.9 Å². The molecule has 0 bridgehead atoms. The predicted octanol–water partition coefficient (Wildman–Crippen LogP) is 1.66. The number of anilines is 1. The summed E-state index contributed by atoms with van der Waals surface area (Å²) in [6.07, 6.45) is 5.59. The number of benzene rings is 1. The van der Waals surface area contributed by atoms with Gasteiger partial charge < -0.3 is 15.0 Å². The Hall–Kier alpha value is -3.33. The second kappa shape index (κ2) is 8.43. The van der Waals surface area contributed by atoms with E-state index in [2.05, 4.69) is 50.0 Å². The van der Waals surface area contributed by atoms with Gasteiger partial charge in [-0.25, -0.2) is 9.97 Å². The first-order chi connectivity index (χ1) is 15.2. The van der Waals surface area contributed by atoms with Gasteiger partial charge in [0.1, 0.15) is 6.10 Å². The molecule has 5 rings (SSSR count). The Morgan fingerprint density at radius 2 is 2.06 bits per heavy atom. The van der Waals surface area contributed by atoms with Crippen molar-refractivity contribution in [2.75, 3.05) is 11.9 Å². The van der Waals surface area contributed by atoms with Gasteiger partial charge in [-0.2, -0.15) is 0 Å². The van der Waals surface area contributed by atoms with E-state index in [9.17, 15) is 4.79 Å². The largest absolute Gasteiger partial charge is 0.368 e. The van der Waals surface area contributed by atoms with E-state index >= 15 is 0 Å². The maximum Gasteiger partial charge on any atom is 0.252 e. The Morgan fingerprint density at radius 1 is 1.26 bits per heavy atom. The van der Waals surface area contributed by atoms with Crippen molar-refractivity contribution in [1.82, 2.24) is 30.3 Å². The molecule has 2 N–H and O–H groups in total. The highest BCUT2D eigenvalue weighted by molar-refractivity contribution is 5.81. The number of aromatic nitrogens is 5. The molecule has 1 aliphatic heterocycles. The lowest BCUT2D eigenvalue weighted by atomic mass is 10.1. The van der Waals surface area contributed by atoms with E-state index in [0.717, 1.165) is 29.8 Å². The highest BCUT2D eigenvalue weighted by Gasteiger charge is 2.29. The predicted molar refractivity (Wildman–Crippen MR) is 113 cm³/mol. The number of nitrogens with one attached hydrogen (secondary N) is 2. The normalized spacial score (nSPS) is 16.2. The number of rotatable bonds is 7. The maximum absolute atomic E-state index is 12.8. The summed E-state index contributed by atoms with van der Waals surface area (Å²) in [6.45, 7) is 3.19. The number of carbonyl (C=O) groups excluding carboxylic acids is 1. The van der Waals surface area contributed by atoms with E-state index in [1.807, 2.05) is 6.20 Å². The zero-order valence-electron chi connectivity index (χ0n) is 17.4. The number of H-pyrrole nitrogens is 1. The molecule has 9 nitrogen and oxygen atoms in total. The number of hydrogen-bond acceptors (Lipinski definition) is 7. The quantitative estimate of drug-likeness (QED) is 0.599. The molecule has 1 aromatic carbocycles. The van der Waals surface area contributed by atoms with Crippen LogP contribution in [0.25, 0.3) is 0 Å². The van der Waals surface area contributed by atoms with Crippen molar-refractivity contribution in [2.45, 2.75) is 51.4 Å². The smallest absolute Gasteiger partial charge is 0.252 e. The molecule has 1 aliphatic carbocycles. The maximum atomic E-state index is 12.8. The van der Waals surface area contributed by atoms with Gasteiger partial charge in [0.15, 0.2) is 0 Å². The van der Waals surface area contributed by atoms with Crippen LogP contribution in [0, 0.1) is 0 Å². The Labute approximate surface area is 180 Å². The molecule has 1 amide bonds. The van der Waals surface area contributed by atoms with E-state index < -0.39 is 6.10 Å². The standard InChI is InChI=1S/C22H25N7O2/c1-14(31-7-6-18-11-24-28-27-18)21(30)29-12-17-10-23-22(26-20(17)13-29)25-19-8-15-4-2-3-5-16(15)9-19/h2-5,10-11,14,19H,6-9,12-13H2,1H3,(H,23,25,26)(H,24,27,28)/t14-/m0/s1. The molecule has 0 saturated heterocycles. The molecule has 31 heavy (non-hydrogen) atoms. The molecule has 0 saturated carbocycles. The van der Waals surface area contributed by atoms with Crippen molar-refractivity contribution in [1.29, 1.82) is 0 Å². The summed E-state index contributed by atoms with van der Waals surface area (Å²) >= 11 is 0. The van der Waals surface area contributed by atoms with Gasteiger partial charge in [0.25, 0.3) is 5.91 Å². The van der Waals surface area contributed by atoms with Crippen molar-refractivity contribution in [3.8, 4) is 0 Å². The molecule has 2 aliphatic rings. The Balaban J connectivity index is 1.15. The van der Waals surface area contributed by atoms with Crippen LogP contribution in [-0.2, 0) is 41.9 Å². The van der Waals surface area contributed by atoms with Crippen LogP contribution in [0.1, 0.15) is 35.0 Å². The first-order valence-electron chi connectivity index (χ1n) is 10.6. The second-order valence-corrected chi connectivity index (χ2v) is 8.11. The summed E-state index contributed by atoms with van der Waals surface area (Å²) in [5.74, 6) is 0.585. The number of aromatic amines is 1. The highest BCUT2D eigenvalue weighted by atomic mass is 16.5. The Morgan fingerprint density at radius 3 is 2.81 bits per heavy atom. The lowest BCUT2D eigenvalue weighted by Crippen LogP contribution is -2.35. The van der Waals surface area contributed by atoms with Crippen LogP contribution in [0.3, 0.4) is 0 Å². The fourth-order valence-electron chi connectivity index (χ4n) is 4.24. The summed E-state index contributed by atoms with van der Waals surface area (Å²) in [7, 11) is 0. The molecule has 2 aromatic heterocycles. The number of fused-ring (bicyclic) bond motifs is 2. The summed E-state index contributed by atoms with van der Waals surface area (Å²) in [6, 6.07) is 8.82. The van der Waals surface area contributed by atoms with Gasteiger partial charge in [-0.05, 0) is 30.9 Å². The number of carbonyl (C=O) groups is 1. The monoisotopic (exact) mass is 419 g/mol. The van der Waals surface area contributed by atoms with E-state index in [4.69, 9.17) is 9.72 Å². The molecular formula is C22H25N7O2. The molecule has 3 aromatic rings.